The van der Waals surface area contributed by atoms with Crippen LogP contribution in [0, 0.1) is 0 Å². The van der Waals surface area contributed by atoms with E-state index in [1.54, 1.807) is 6.26 Å². The minimum atomic E-state index is -4.22. The van der Waals surface area contributed by atoms with Crippen LogP contribution in [0.15, 0.2) is 4.90 Å². The van der Waals surface area contributed by atoms with Gasteiger partial charge in [0.2, 0.25) is 0 Å². The van der Waals surface area contributed by atoms with Crippen molar-refractivity contribution in [2.24, 2.45) is 0 Å². The summed E-state index contributed by atoms with van der Waals surface area (Å²) in [6.45, 7) is 0. The molecule has 0 radical (unpaired) electrons. The zero-order chi connectivity index (χ0) is 12.0. The Balaban J connectivity index is 2.22. The predicted octanol–water partition coefficient (Wildman–Crippen LogP) is 2.95. The van der Waals surface area contributed by atoms with Crippen molar-refractivity contribution in [3.05, 3.63) is 0 Å². The molecular weight excluding hydrogens is 259 g/mol. The summed E-state index contributed by atoms with van der Waals surface area (Å²) in [5.74, 6) is 0.290. The van der Waals surface area contributed by atoms with E-state index in [9.17, 15) is 13.2 Å². The molecule has 8 heteroatoms. The molecule has 1 aliphatic carbocycles. The Hall–Kier alpha value is -0.630. The van der Waals surface area contributed by atoms with Crippen LogP contribution < -0.4 is 11.1 Å². The molecule has 1 fully saturated rings. The molecule has 0 bridgehead atoms. The topological polar surface area (TPSA) is 50.9 Å². The number of nitrogens with one attached hydrogen (secondary N) is 1. The van der Waals surface area contributed by atoms with Crippen LogP contribution in [-0.2, 0) is 0 Å². The first kappa shape index (κ1) is 11.8. The number of alkyl halides is 3. The van der Waals surface area contributed by atoms with Crippen LogP contribution in [0.25, 0.3) is 0 Å². The number of rotatable bonds is 3. The summed E-state index contributed by atoms with van der Waals surface area (Å²) in [5.41, 5.74) is 3.80. The fraction of sp³-hybridized carbons (Fsp3) is 0.625. The molecule has 3 N–H and O–H groups in total. The van der Waals surface area contributed by atoms with Crippen LogP contribution in [0.3, 0.4) is 0 Å². The fourth-order valence-corrected chi connectivity index (χ4v) is 3.01. The van der Waals surface area contributed by atoms with Gasteiger partial charge in [-0.3, -0.25) is 0 Å². The molecule has 1 aromatic heterocycles. The number of hydrogen-bond donors (Lipinski definition) is 2. The summed E-state index contributed by atoms with van der Waals surface area (Å²) in [4.78, 5) is 0.598. The molecule has 0 spiro atoms. The molecule has 0 aliphatic heterocycles. The largest absolute Gasteiger partial charge is 0.411 e. The number of nitrogen functional groups attached to an aromatic ring is 1. The number of anilines is 2. The lowest BCUT2D eigenvalue weighted by atomic mass is 10.2. The molecule has 1 saturated carbocycles. The van der Waals surface area contributed by atoms with Crippen molar-refractivity contribution >= 4 is 34.1 Å². The van der Waals surface area contributed by atoms with E-state index in [2.05, 4.69) is 9.69 Å². The number of hydrogen-bond acceptors (Lipinski definition) is 5. The number of nitrogens with zero attached hydrogens (tertiary/aromatic N) is 1. The van der Waals surface area contributed by atoms with Gasteiger partial charge in [-0.25, -0.2) is 0 Å². The van der Waals surface area contributed by atoms with Gasteiger partial charge in [0.15, 0.2) is 5.82 Å². The Morgan fingerprint density at radius 3 is 2.56 bits per heavy atom. The third-order valence-corrected chi connectivity index (χ3v) is 4.25. The Morgan fingerprint density at radius 1 is 1.50 bits per heavy atom. The van der Waals surface area contributed by atoms with Gasteiger partial charge >= 0.3 is 6.18 Å². The van der Waals surface area contributed by atoms with Gasteiger partial charge in [-0.05, 0) is 30.6 Å². The Morgan fingerprint density at radius 2 is 2.12 bits per heavy atom. The average Bonchev–Trinajstić information content (AvgIpc) is 2.87. The van der Waals surface area contributed by atoms with Crippen molar-refractivity contribution in [1.82, 2.24) is 4.37 Å². The van der Waals surface area contributed by atoms with E-state index >= 15 is 0 Å². The van der Waals surface area contributed by atoms with Crippen LogP contribution in [-0.4, -0.2) is 22.3 Å². The first-order valence-electron chi connectivity index (χ1n) is 4.54. The molecule has 2 rings (SSSR count). The number of aromatic nitrogens is 1. The van der Waals surface area contributed by atoms with Crippen molar-refractivity contribution in [2.45, 2.75) is 29.5 Å². The van der Waals surface area contributed by atoms with Gasteiger partial charge in [0, 0.05) is 0 Å². The lowest BCUT2D eigenvalue weighted by molar-refractivity contribution is -0.151. The zero-order valence-electron chi connectivity index (χ0n) is 8.39. The SMILES string of the molecule is CSc1c(N)nsc1NC1(C(F)(F)F)CC1. The van der Waals surface area contributed by atoms with E-state index in [1.807, 2.05) is 0 Å². The van der Waals surface area contributed by atoms with Gasteiger partial charge in [0.25, 0.3) is 0 Å². The summed E-state index contributed by atoms with van der Waals surface area (Å²) in [5, 5.41) is 2.96. The van der Waals surface area contributed by atoms with Gasteiger partial charge in [-0.1, -0.05) is 0 Å². The quantitative estimate of drug-likeness (QED) is 0.828. The fourth-order valence-electron chi connectivity index (χ4n) is 1.39. The van der Waals surface area contributed by atoms with Crippen LogP contribution in [0.2, 0.25) is 0 Å². The second kappa shape index (κ2) is 3.69. The van der Waals surface area contributed by atoms with E-state index < -0.39 is 11.7 Å². The molecule has 0 saturated heterocycles. The Bertz CT molecular complexity index is 398. The van der Waals surface area contributed by atoms with Gasteiger partial charge < -0.3 is 11.1 Å². The zero-order valence-corrected chi connectivity index (χ0v) is 10.0. The predicted molar refractivity (Wildman–Crippen MR) is 60.0 cm³/mol. The molecule has 0 atom stereocenters. The average molecular weight is 269 g/mol. The third-order valence-electron chi connectivity index (χ3n) is 2.52. The first-order chi connectivity index (χ1) is 7.39. The number of halogens is 3. The lowest BCUT2D eigenvalue weighted by Crippen LogP contribution is -2.38. The lowest BCUT2D eigenvalue weighted by Gasteiger charge is -2.21. The second-order valence-corrected chi connectivity index (χ2v) is 5.22. The molecule has 0 aromatic carbocycles. The summed E-state index contributed by atoms with van der Waals surface area (Å²) in [6, 6.07) is 0. The van der Waals surface area contributed by atoms with Gasteiger partial charge in [-0.15, -0.1) is 11.8 Å². The smallest absolute Gasteiger partial charge is 0.382 e. The van der Waals surface area contributed by atoms with Gasteiger partial charge in [0.05, 0.1) is 4.90 Å². The molecule has 1 aliphatic rings. The first-order valence-corrected chi connectivity index (χ1v) is 6.53. The molecule has 0 unspecified atom stereocenters. The third kappa shape index (κ3) is 1.84. The normalized spacial score (nSPS) is 18.5. The van der Waals surface area contributed by atoms with Crippen LogP contribution in [0.1, 0.15) is 12.8 Å². The summed E-state index contributed by atoms with van der Waals surface area (Å²) < 4.78 is 42.0. The maximum absolute atomic E-state index is 12.7. The standard InChI is InChI=1S/C8H10F3N3S2/c1-15-4-5(12)14-16-6(4)13-7(2-3-7)8(9,10)11/h13H,2-3H2,1H3,(H2,12,14). The van der Waals surface area contributed by atoms with Crippen LogP contribution in [0.5, 0.6) is 0 Å². The number of nitrogens with two attached hydrogens (primary N) is 1. The second-order valence-electron chi connectivity index (χ2n) is 3.64. The molecule has 16 heavy (non-hydrogen) atoms. The highest BCUT2D eigenvalue weighted by molar-refractivity contribution is 7.99. The minimum absolute atomic E-state index is 0.113. The molecule has 1 aromatic rings. The highest BCUT2D eigenvalue weighted by atomic mass is 32.2. The van der Waals surface area contributed by atoms with Crippen molar-refractivity contribution in [3.63, 3.8) is 0 Å². The van der Waals surface area contributed by atoms with Crippen molar-refractivity contribution < 1.29 is 13.2 Å². The van der Waals surface area contributed by atoms with E-state index in [0.29, 0.717) is 9.90 Å². The molecule has 90 valence electrons. The highest BCUT2D eigenvalue weighted by Gasteiger charge is 2.63. The summed E-state index contributed by atoms with van der Waals surface area (Å²) in [7, 11) is 0. The van der Waals surface area contributed by atoms with Crippen LogP contribution in [0.4, 0.5) is 24.0 Å². The maximum Gasteiger partial charge on any atom is 0.411 e. The molecule has 3 nitrogen and oxygen atoms in total. The van der Waals surface area contributed by atoms with Crippen molar-refractivity contribution in [2.75, 3.05) is 17.3 Å². The summed E-state index contributed by atoms with van der Waals surface area (Å²) in [6.07, 6.45) is -2.23. The number of thioether (sulfide) groups is 1. The van der Waals surface area contributed by atoms with Gasteiger partial charge in [0.1, 0.15) is 10.5 Å². The van der Waals surface area contributed by atoms with Crippen molar-refractivity contribution in [3.8, 4) is 0 Å². The molecule has 0 amide bonds. The van der Waals surface area contributed by atoms with E-state index in [0.717, 1.165) is 11.5 Å². The van der Waals surface area contributed by atoms with Crippen molar-refractivity contribution in [1.29, 1.82) is 0 Å². The molecular formula is C8H10F3N3S2. The van der Waals surface area contributed by atoms with E-state index in [4.69, 9.17) is 5.73 Å². The van der Waals surface area contributed by atoms with Crippen LogP contribution >= 0.6 is 23.3 Å². The van der Waals surface area contributed by atoms with E-state index in [-0.39, 0.29) is 18.7 Å². The summed E-state index contributed by atoms with van der Waals surface area (Å²) >= 11 is 2.28. The maximum atomic E-state index is 12.7. The van der Waals surface area contributed by atoms with E-state index in [1.165, 1.54) is 11.8 Å². The minimum Gasteiger partial charge on any atom is -0.382 e. The monoisotopic (exact) mass is 269 g/mol. The van der Waals surface area contributed by atoms with Gasteiger partial charge in [-0.2, -0.15) is 17.5 Å². The highest BCUT2D eigenvalue weighted by Crippen LogP contribution is 2.52. The Kier molecular flexibility index (Phi) is 2.73. The Labute approximate surface area is 98.8 Å². The molecule has 1 heterocycles.